The minimum Gasteiger partial charge on any atom is -0.483 e. The second kappa shape index (κ2) is 7.24. The van der Waals surface area contributed by atoms with E-state index in [0.717, 1.165) is 23.4 Å². The molecule has 1 aliphatic carbocycles. The van der Waals surface area contributed by atoms with Crippen LogP contribution >= 0.6 is 11.3 Å². The number of nitro groups is 1. The summed E-state index contributed by atoms with van der Waals surface area (Å²) in [7, 11) is 0. The van der Waals surface area contributed by atoms with Gasteiger partial charge in [0.15, 0.2) is 11.5 Å². The number of aromatic nitrogens is 2. The average molecular weight is 381 g/mol. The molecule has 0 saturated heterocycles. The Labute approximate surface area is 158 Å². The van der Waals surface area contributed by atoms with Gasteiger partial charge in [-0.05, 0) is 25.0 Å². The summed E-state index contributed by atoms with van der Waals surface area (Å²) in [4.78, 5) is 23.3. The zero-order valence-electron chi connectivity index (χ0n) is 14.2. The van der Waals surface area contributed by atoms with E-state index in [4.69, 9.17) is 4.74 Å². The molecule has 8 heteroatoms. The molecule has 7 nitrogen and oxygen atoms in total. The Hall–Kier alpha value is -3.13. The maximum atomic E-state index is 12.6. The molecule has 4 rings (SSSR count). The first-order chi connectivity index (χ1) is 13.1. The number of ether oxygens (including phenoxy) is 1. The summed E-state index contributed by atoms with van der Waals surface area (Å²) in [6.07, 6.45) is 1.89. The van der Waals surface area contributed by atoms with Crippen LogP contribution in [0.25, 0.3) is 10.6 Å². The molecular formula is C19H15N3O4S. The van der Waals surface area contributed by atoms with Crippen molar-refractivity contribution in [3.8, 4) is 16.3 Å². The standard InChI is InChI=1S/C19H15N3O4S/c23-16(11-18-20-21-19(27-18)12-4-2-1-3-5-12)13-6-9-17(26-14-7-8-14)15(10-13)22(24)25/h1-6,9-10,14H,7-8,11H2. The molecular weight excluding hydrogens is 366 g/mol. The van der Waals surface area contributed by atoms with Crippen LogP contribution in [0.2, 0.25) is 0 Å². The van der Waals surface area contributed by atoms with Crippen LogP contribution in [0, 0.1) is 10.1 Å². The topological polar surface area (TPSA) is 95.2 Å². The second-order valence-electron chi connectivity index (χ2n) is 6.22. The number of carbonyl (C=O) groups is 1. The van der Waals surface area contributed by atoms with Gasteiger partial charge in [-0.3, -0.25) is 14.9 Å². The summed E-state index contributed by atoms with van der Waals surface area (Å²) in [6, 6.07) is 13.9. The van der Waals surface area contributed by atoms with Crippen LogP contribution < -0.4 is 4.74 Å². The number of hydrogen-bond acceptors (Lipinski definition) is 7. The third-order valence-corrected chi connectivity index (χ3v) is 5.07. The maximum absolute atomic E-state index is 12.6. The van der Waals surface area contributed by atoms with E-state index in [1.165, 1.54) is 23.5 Å². The first-order valence-corrected chi connectivity index (χ1v) is 9.28. The highest BCUT2D eigenvalue weighted by Crippen LogP contribution is 2.34. The van der Waals surface area contributed by atoms with Crippen LogP contribution in [0.3, 0.4) is 0 Å². The lowest BCUT2D eigenvalue weighted by Gasteiger charge is -2.06. The summed E-state index contributed by atoms with van der Waals surface area (Å²) < 4.78 is 5.55. The van der Waals surface area contributed by atoms with Crippen LogP contribution in [0.5, 0.6) is 5.75 Å². The van der Waals surface area contributed by atoms with E-state index in [-0.39, 0.29) is 35.3 Å². The summed E-state index contributed by atoms with van der Waals surface area (Å²) in [5.41, 5.74) is 1.02. The van der Waals surface area contributed by atoms with Gasteiger partial charge in [0, 0.05) is 17.2 Å². The first-order valence-electron chi connectivity index (χ1n) is 8.46. The molecule has 1 fully saturated rings. The summed E-state index contributed by atoms with van der Waals surface area (Å²) >= 11 is 1.34. The van der Waals surface area contributed by atoms with Gasteiger partial charge in [-0.25, -0.2) is 0 Å². The van der Waals surface area contributed by atoms with E-state index in [0.29, 0.717) is 5.01 Å². The van der Waals surface area contributed by atoms with E-state index in [9.17, 15) is 14.9 Å². The van der Waals surface area contributed by atoms with E-state index in [1.807, 2.05) is 30.3 Å². The van der Waals surface area contributed by atoms with Gasteiger partial charge in [0.1, 0.15) is 10.0 Å². The Morgan fingerprint density at radius 3 is 2.67 bits per heavy atom. The fourth-order valence-corrected chi connectivity index (χ4v) is 3.40. The van der Waals surface area contributed by atoms with Crippen LogP contribution in [0.4, 0.5) is 5.69 Å². The number of ketones is 1. The normalized spacial score (nSPS) is 13.3. The molecule has 1 aliphatic rings. The van der Waals surface area contributed by atoms with Gasteiger partial charge in [-0.2, -0.15) is 0 Å². The average Bonchev–Trinajstić information content (AvgIpc) is 3.37. The van der Waals surface area contributed by atoms with Crippen LogP contribution in [-0.2, 0) is 6.42 Å². The largest absolute Gasteiger partial charge is 0.483 e. The molecule has 27 heavy (non-hydrogen) atoms. The predicted octanol–water partition coefficient (Wildman–Crippen LogP) is 4.08. The molecule has 1 heterocycles. The van der Waals surface area contributed by atoms with E-state index in [1.54, 1.807) is 6.07 Å². The molecule has 1 aromatic heterocycles. The van der Waals surface area contributed by atoms with Crippen molar-refractivity contribution in [2.75, 3.05) is 0 Å². The van der Waals surface area contributed by atoms with E-state index in [2.05, 4.69) is 10.2 Å². The van der Waals surface area contributed by atoms with Crippen molar-refractivity contribution >= 4 is 22.8 Å². The Kier molecular flexibility index (Phi) is 4.64. The van der Waals surface area contributed by atoms with Crippen molar-refractivity contribution in [3.05, 3.63) is 69.2 Å². The van der Waals surface area contributed by atoms with Crippen molar-refractivity contribution in [2.24, 2.45) is 0 Å². The number of nitro benzene ring substituents is 1. The van der Waals surface area contributed by atoms with E-state index >= 15 is 0 Å². The summed E-state index contributed by atoms with van der Waals surface area (Å²) in [5, 5.41) is 20.8. The minimum atomic E-state index is -0.521. The monoisotopic (exact) mass is 381 g/mol. The van der Waals surface area contributed by atoms with Crippen molar-refractivity contribution in [1.82, 2.24) is 10.2 Å². The first kappa shape index (κ1) is 17.3. The molecule has 0 N–H and O–H groups in total. The highest BCUT2D eigenvalue weighted by Gasteiger charge is 2.28. The molecule has 0 amide bonds. The van der Waals surface area contributed by atoms with Gasteiger partial charge in [0.05, 0.1) is 17.4 Å². The summed E-state index contributed by atoms with van der Waals surface area (Å²) in [5.74, 6) is -0.0341. The highest BCUT2D eigenvalue weighted by molar-refractivity contribution is 7.14. The lowest BCUT2D eigenvalue weighted by atomic mass is 10.1. The van der Waals surface area contributed by atoms with Gasteiger partial charge >= 0.3 is 5.69 Å². The number of Topliss-reactive ketones (excluding diaryl/α,β-unsaturated/α-hetero) is 1. The van der Waals surface area contributed by atoms with Gasteiger partial charge in [-0.1, -0.05) is 41.7 Å². The number of benzene rings is 2. The molecule has 136 valence electrons. The number of hydrogen-bond donors (Lipinski definition) is 0. The van der Waals surface area contributed by atoms with Crippen LogP contribution in [-0.4, -0.2) is 27.0 Å². The smallest absolute Gasteiger partial charge is 0.311 e. The second-order valence-corrected chi connectivity index (χ2v) is 7.29. The molecule has 0 bridgehead atoms. The summed E-state index contributed by atoms with van der Waals surface area (Å²) in [6.45, 7) is 0. The van der Waals surface area contributed by atoms with Crippen LogP contribution in [0.1, 0.15) is 28.2 Å². The molecule has 3 aromatic rings. The molecule has 2 aromatic carbocycles. The fourth-order valence-electron chi connectivity index (χ4n) is 2.56. The molecule has 0 radical (unpaired) electrons. The van der Waals surface area contributed by atoms with Crippen molar-refractivity contribution in [3.63, 3.8) is 0 Å². The van der Waals surface area contributed by atoms with Gasteiger partial charge < -0.3 is 4.74 Å². The van der Waals surface area contributed by atoms with Gasteiger partial charge in [-0.15, -0.1) is 10.2 Å². The number of nitrogens with zero attached hydrogens (tertiary/aromatic N) is 3. The fraction of sp³-hybridized carbons (Fsp3) is 0.211. The Morgan fingerprint density at radius 2 is 1.96 bits per heavy atom. The third kappa shape index (κ3) is 4.01. The minimum absolute atomic E-state index is 0.0445. The van der Waals surface area contributed by atoms with Crippen LogP contribution in [0.15, 0.2) is 48.5 Å². The zero-order valence-corrected chi connectivity index (χ0v) is 15.0. The SMILES string of the molecule is O=C(Cc1nnc(-c2ccccc2)s1)c1ccc(OC2CC2)c([N+](=O)[O-])c1. The van der Waals surface area contributed by atoms with Crippen molar-refractivity contribution in [2.45, 2.75) is 25.4 Å². The number of carbonyl (C=O) groups excluding carboxylic acids is 1. The Balaban J connectivity index is 1.52. The lowest BCUT2D eigenvalue weighted by Crippen LogP contribution is -2.06. The predicted molar refractivity (Wildman–Crippen MR) is 100 cm³/mol. The molecule has 0 spiro atoms. The Morgan fingerprint density at radius 1 is 1.19 bits per heavy atom. The lowest BCUT2D eigenvalue weighted by molar-refractivity contribution is -0.386. The zero-order chi connectivity index (χ0) is 18.8. The van der Waals surface area contributed by atoms with E-state index < -0.39 is 4.92 Å². The molecule has 0 atom stereocenters. The van der Waals surface area contributed by atoms with Crippen molar-refractivity contribution < 1.29 is 14.5 Å². The maximum Gasteiger partial charge on any atom is 0.311 e. The molecule has 0 unspecified atom stereocenters. The molecule has 0 aliphatic heterocycles. The molecule has 1 saturated carbocycles. The third-order valence-electron chi connectivity index (χ3n) is 4.09. The van der Waals surface area contributed by atoms with Gasteiger partial charge in [0.2, 0.25) is 0 Å². The quantitative estimate of drug-likeness (QED) is 0.348. The van der Waals surface area contributed by atoms with Crippen molar-refractivity contribution in [1.29, 1.82) is 0 Å². The van der Waals surface area contributed by atoms with Gasteiger partial charge in [0.25, 0.3) is 0 Å². The number of rotatable bonds is 7. The Bertz CT molecular complexity index is 999. The highest BCUT2D eigenvalue weighted by atomic mass is 32.1.